The first-order valence-electron chi connectivity index (χ1n) is 46.4. The molecule has 26 atom stereocenters. The molecule has 0 radical (unpaired) electrons. The van der Waals surface area contributed by atoms with Crippen LogP contribution >= 0.6 is 0 Å². The molecule has 4 bridgehead atoms. The van der Waals surface area contributed by atoms with Crippen molar-refractivity contribution in [3.63, 3.8) is 0 Å². The monoisotopic (exact) mass is 1290 g/mol. The third-order valence-corrected chi connectivity index (χ3v) is 40.7. The van der Waals surface area contributed by atoms with Gasteiger partial charge in [0.2, 0.25) is 0 Å². The van der Waals surface area contributed by atoms with E-state index in [9.17, 15) is 0 Å². The van der Waals surface area contributed by atoms with Gasteiger partial charge >= 0.3 is 0 Å². The van der Waals surface area contributed by atoms with Crippen LogP contribution in [0.3, 0.4) is 0 Å². The maximum atomic E-state index is 3.80. The highest BCUT2D eigenvalue weighted by atomic mass is 15.3. The van der Waals surface area contributed by atoms with E-state index in [-0.39, 0.29) is 0 Å². The lowest BCUT2D eigenvalue weighted by atomic mass is 9.18. The Labute approximate surface area is 584 Å². The lowest BCUT2D eigenvalue weighted by molar-refractivity contribution is -0.155. The Morgan fingerprint density at radius 1 is 0.179 bits per heavy atom. The zero-order chi connectivity index (χ0) is 61.7. The average molecular weight is 1290 g/mol. The molecule has 23 fully saturated rings. The van der Waals surface area contributed by atoms with E-state index in [0.717, 1.165) is 232 Å². The van der Waals surface area contributed by atoms with Gasteiger partial charge in [0.25, 0.3) is 0 Å². The van der Waals surface area contributed by atoms with Crippen molar-refractivity contribution in [2.75, 3.05) is 0 Å². The predicted octanol–water partition coefficient (Wildman–Crippen LogP) is 22.8. The number of nitrogens with zero attached hydrogens (tertiary/aromatic N) is 3. The van der Waals surface area contributed by atoms with Crippen LogP contribution in [0.25, 0.3) is 0 Å². The molecule has 23 aliphatic rings. The van der Waals surface area contributed by atoms with Crippen LogP contribution in [0.1, 0.15) is 340 Å². The fraction of sp³-hybridized carbons (Fsp3) is 1.00. The maximum absolute atomic E-state index is 3.80. The van der Waals surface area contributed by atoms with Gasteiger partial charge < -0.3 is 0 Å². The van der Waals surface area contributed by atoms with Crippen molar-refractivity contribution >= 4 is 6.71 Å². The molecule has 0 amide bonds. The second kappa shape index (κ2) is 25.3. The van der Waals surface area contributed by atoms with Gasteiger partial charge in [0.05, 0.1) is 0 Å². The van der Waals surface area contributed by atoms with Crippen molar-refractivity contribution in [2.24, 2.45) is 154 Å². The number of hydrogen-bond acceptors (Lipinski definition) is 3. The van der Waals surface area contributed by atoms with Gasteiger partial charge in [-0.25, -0.2) is 0 Å². The van der Waals surface area contributed by atoms with Crippen LogP contribution in [0.15, 0.2) is 0 Å². The fourth-order valence-corrected chi connectivity index (χ4v) is 38.6. The van der Waals surface area contributed by atoms with Crippen molar-refractivity contribution in [2.45, 2.75) is 412 Å². The lowest BCUT2D eigenvalue weighted by Crippen LogP contribution is -2.76. The number of rotatable bonds is 7. The average Bonchev–Trinajstić information content (AvgIpc) is 0.699. The first-order valence-corrected chi connectivity index (χ1v) is 46.4. The fourth-order valence-electron chi connectivity index (χ4n) is 38.6. The summed E-state index contributed by atoms with van der Waals surface area (Å²) in [5.41, 5.74) is 0. The molecule has 26 unspecified atom stereocenters. The van der Waals surface area contributed by atoms with Crippen LogP contribution in [-0.4, -0.2) is 75.8 Å². The molecular formula is C91H144BN3. The van der Waals surface area contributed by atoms with Crippen molar-refractivity contribution in [1.82, 2.24) is 14.7 Å². The summed E-state index contributed by atoms with van der Waals surface area (Å²) in [4.78, 5) is 11.1. The van der Waals surface area contributed by atoms with Crippen molar-refractivity contribution in [1.29, 1.82) is 0 Å². The normalized spacial score (nSPS) is 57.5. The molecule has 0 N–H and O–H groups in total. The van der Waals surface area contributed by atoms with Gasteiger partial charge in [-0.05, 0) is 345 Å². The molecule has 0 aromatic carbocycles. The van der Waals surface area contributed by atoms with Crippen LogP contribution in [0, 0.1) is 154 Å². The second-order valence-electron chi connectivity index (χ2n) is 43.2. The minimum Gasteiger partial charge on any atom is -0.295 e. The van der Waals surface area contributed by atoms with E-state index in [0.29, 0.717) is 0 Å². The second-order valence-corrected chi connectivity index (χ2v) is 43.2. The van der Waals surface area contributed by atoms with Gasteiger partial charge in [-0.15, -0.1) is 0 Å². The minimum absolute atomic E-state index is 0.860. The highest BCUT2D eigenvalue weighted by molar-refractivity contribution is 6.65. The first-order chi connectivity index (χ1) is 47.0. The van der Waals surface area contributed by atoms with Gasteiger partial charge in [-0.2, -0.15) is 0 Å². The Balaban J connectivity index is 0.634. The van der Waals surface area contributed by atoms with Crippen molar-refractivity contribution in [3.8, 4) is 0 Å². The molecule has 0 aromatic heterocycles. The summed E-state index contributed by atoms with van der Waals surface area (Å²) in [5, 5.41) is 0. The zero-order valence-corrected chi connectivity index (χ0v) is 61.3. The Morgan fingerprint density at radius 2 is 0.516 bits per heavy atom. The van der Waals surface area contributed by atoms with Crippen LogP contribution in [0.4, 0.5) is 0 Å². The first kappa shape index (κ1) is 62.3. The minimum atomic E-state index is 0.860. The summed E-state index contributed by atoms with van der Waals surface area (Å²) in [7, 11) is 0. The summed E-state index contributed by atoms with van der Waals surface area (Å²) in [6.45, 7) is 1.03. The number of hydrogen-bond donors (Lipinski definition) is 0. The van der Waals surface area contributed by atoms with E-state index in [1.165, 1.54) is 12.8 Å². The Kier molecular flexibility index (Phi) is 16.6. The van der Waals surface area contributed by atoms with Gasteiger partial charge in [0.15, 0.2) is 6.71 Å². The molecule has 19 saturated carbocycles. The van der Waals surface area contributed by atoms with E-state index in [1.54, 1.807) is 327 Å². The molecule has 3 nitrogen and oxygen atoms in total. The topological polar surface area (TPSA) is 9.72 Å². The highest BCUT2D eigenvalue weighted by Gasteiger charge is 2.69. The summed E-state index contributed by atoms with van der Waals surface area (Å²) in [6, 6.07) is 8.07. The van der Waals surface area contributed by atoms with Gasteiger partial charge in [0.1, 0.15) is 0 Å². The molecule has 19 aliphatic carbocycles. The molecule has 4 aliphatic heterocycles. The smallest absolute Gasteiger partial charge is 0.156 e. The van der Waals surface area contributed by atoms with E-state index in [1.807, 2.05) is 0 Å². The van der Waals surface area contributed by atoms with Gasteiger partial charge in [0, 0.05) is 54.4 Å². The van der Waals surface area contributed by atoms with E-state index >= 15 is 0 Å². The Bertz CT molecular complexity index is 2490. The highest BCUT2D eigenvalue weighted by Crippen LogP contribution is 2.72. The summed E-state index contributed by atoms with van der Waals surface area (Å²) >= 11 is 0. The Morgan fingerprint density at radius 3 is 0.926 bits per heavy atom. The summed E-state index contributed by atoms with van der Waals surface area (Å²) in [5.74, 6) is 31.6. The third-order valence-electron chi connectivity index (χ3n) is 40.7. The van der Waals surface area contributed by atoms with E-state index < -0.39 is 0 Å². The molecule has 0 aromatic rings. The van der Waals surface area contributed by atoms with E-state index in [4.69, 9.17) is 0 Å². The van der Waals surface area contributed by atoms with Crippen LogP contribution in [0.2, 0.25) is 17.5 Å². The molecule has 526 valence electrons. The zero-order valence-electron chi connectivity index (χ0n) is 61.3. The molecule has 95 heavy (non-hydrogen) atoms. The molecule has 4 heteroatoms. The molecule has 0 spiro atoms. The maximum Gasteiger partial charge on any atom is 0.156 e. The van der Waals surface area contributed by atoms with E-state index in [2.05, 4.69) is 14.7 Å². The molecule has 23 rings (SSSR count). The summed E-state index contributed by atoms with van der Waals surface area (Å²) in [6.07, 6.45) is 85.6. The standard InChI is InChI=1S/C91H144BN3/c1-3-13-56(14-4-1)58-29-35-68(36-30-58)94-83-50-62(66-46-64-21-11-25-75-73-23-7-17-60-19-9-27-77(87(60)73)79(48-66)89(64)75)33-39-81(83)92-82-40-34-63(67-47-65-22-12-26-76-74-24-8-18-61-20-10-28-78(88(61)74)80(49-67)90(65)76)51-84(82)95(69-37-31-59(32-38-69)57-15-5-2-6-16-57)86-53-72(52-85(94)91(86)92)93-70-42-54-41-55(44-70)45-71(93)43-54/h54-91H,1-53H2. The van der Waals surface area contributed by atoms with Gasteiger partial charge in [-0.1, -0.05) is 167 Å². The summed E-state index contributed by atoms with van der Waals surface area (Å²) < 4.78 is 0. The van der Waals surface area contributed by atoms with Gasteiger partial charge in [-0.3, -0.25) is 14.7 Å². The predicted molar refractivity (Wildman–Crippen MR) is 392 cm³/mol. The number of piperidine rings is 2. The third kappa shape index (κ3) is 10.3. The lowest BCUT2D eigenvalue weighted by Gasteiger charge is -2.71. The molecular weight excluding hydrogens is 1150 g/mol. The molecule has 4 heterocycles. The SMILES string of the molecule is C1CCC(C2CCC(N3C4CC(C5CC6CCCC7C8CCCC9CCCC(C(C5)C67)C98)CCC4B4C5CCC(C6CC7CCCC8C9CCCC%10CCCC(C(C6)C78)C%109)CC5N(C5CCC(C6CCCCC6)CC5)C5CC(N6C7CC8CC(C7)CC6C8)CC3C45)CC2)CC1. The number of fused-ring (bicyclic) bond motifs is 8. The van der Waals surface area contributed by atoms with Crippen molar-refractivity contribution < 1.29 is 0 Å². The largest absolute Gasteiger partial charge is 0.295 e. The quantitative estimate of drug-likeness (QED) is 0.235. The molecule has 4 saturated heterocycles. The van der Waals surface area contributed by atoms with Crippen LogP contribution in [0.5, 0.6) is 0 Å². The van der Waals surface area contributed by atoms with Crippen molar-refractivity contribution in [3.05, 3.63) is 0 Å². The van der Waals surface area contributed by atoms with Crippen LogP contribution < -0.4 is 0 Å². The Hall–Kier alpha value is -0.0551. The van der Waals surface area contributed by atoms with Crippen LogP contribution in [-0.2, 0) is 0 Å².